The van der Waals surface area contributed by atoms with E-state index < -0.39 is 0 Å². The summed E-state index contributed by atoms with van der Waals surface area (Å²) in [6, 6.07) is 7.61. The van der Waals surface area contributed by atoms with Crippen LogP contribution in [0.2, 0.25) is 0 Å². The van der Waals surface area contributed by atoms with Gasteiger partial charge in [0.05, 0.1) is 12.7 Å². The van der Waals surface area contributed by atoms with Crippen LogP contribution in [0.25, 0.3) is 0 Å². The standard InChI is InChI=1S/C15H18N2O2/c1-11-4-3-7-17(15(11)18)10-12-5-6-14(19-2)13(8-12)9-16/h5-6,8,11H,3-4,7,10H2,1-2H3. The SMILES string of the molecule is COc1ccc(CN2CCCC(C)C2=O)cc1C#N. The zero-order valence-corrected chi connectivity index (χ0v) is 11.3. The summed E-state index contributed by atoms with van der Waals surface area (Å²) in [6.45, 7) is 3.35. The predicted molar refractivity (Wildman–Crippen MR) is 71.5 cm³/mol. The quantitative estimate of drug-likeness (QED) is 0.836. The summed E-state index contributed by atoms with van der Waals surface area (Å²) in [7, 11) is 1.55. The normalized spacial score (nSPS) is 19.1. The number of likely N-dealkylation sites (tertiary alicyclic amines) is 1. The van der Waals surface area contributed by atoms with Gasteiger partial charge in [0.15, 0.2) is 0 Å². The van der Waals surface area contributed by atoms with E-state index in [1.807, 2.05) is 17.9 Å². The molecule has 1 aliphatic rings. The van der Waals surface area contributed by atoms with E-state index in [4.69, 9.17) is 10.00 Å². The van der Waals surface area contributed by atoms with Gasteiger partial charge in [-0.1, -0.05) is 13.0 Å². The first kappa shape index (κ1) is 13.4. The molecular formula is C15H18N2O2. The lowest BCUT2D eigenvalue weighted by Gasteiger charge is -2.30. The number of piperidine rings is 1. The molecule has 4 heteroatoms. The molecule has 1 aromatic carbocycles. The molecule has 0 saturated carbocycles. The zero-order valence-electron chi connectivity index (χ0n) is 11.3. The lowest BCUT2D eigenvalue weighted by Crippen LogP contribution is -2.39. The van der Waals surface area contributed by atoms with Gasteiger partial charge in [0.25, 0.3) is 0 Å². The van der Waals surface area contributed by atoms with Gasteiger partial charge in [-0.2, -0.15) is 5.26 Å². The topological polar surface area (TPSA) is 53.3 Å². The third-order valence-electron chi connectivity index (χ3n) is 3.56. The molecule has 4 nitrogen and oxygen atoms in total. The van der Waals surface area contributed by atoms with Crippen molar-refractivity contribution in [1.82, 2.24) is 4.90 Å². The van der Waals surface area contributed by atoms with Crippen LogP contribution in [0.3, 0.4) is 0 Å². The fourth-order valence-electron chi connectivity index (χ4n) is 2.45. The van der Waals surface area contributed by atoms with Gasteiger partial charge in [-0.05, 0) is 30.5 Å². The van der Waals surface area contributed by atoms with Gasteiger partial charge in [-0.3, -0.25) is 4.79 Å². The Bertz CT molecular complexity index is 519. The molecule has 1 saturated heterocycles. The van der Waals surface area contributed by atoms with Crippen LogP contribution in [-0.4, -0.2) is 24.5 Å². The molecular weight excluding hydrogens is 240 g/mol. The van der Waals surface area contributed by atoms with Gasteiger partial charge in [0.2, 0.25) is 5.91 Å². The van der Waals surface area contributed by atoms with Crippen molar-refractivity contribution in [2.45, 2.75) is 26.3 Å². The van der Waals surface area contributed by atoms with E-state index in [9.17, 15) is 4.79 Å². The minimum atomic E-state index is 0.113. The summed E-state index contributed by atoms with van der Waals surface area (Å²) < 4.78 is 5.12. The Labute approximate surface area is 113 Å². The first-order valence-electron chi connectivity index (χ1n) is 6.51. The van der Waals surface area contributed by atoms with E-state index in [1.54, 1.807) is 19.2 Å². The third-order valence-corrected chi connectivity index (χ3v) is 3.56. The Balaban J connectivity index is 2.15. The summed E-state index contributed by atoms with van der Waals surface area (Å²) in [6.07, 6.45) is 2.02. The maximum absolute atomic E-state index is 12.0. The Kier molecular flexibility index (Phi) is 4.06. The van der Waals surface area contributed by atoms with Crippen molar-refractivity contribution >= 4 is 5.91 Å². The Morgan fingerprint density at radius 2 is 2.32 bits per heavy atom. The molecule has 0 radical (unpaired) electrons. The Hall–Kier alpha value is -2.02. The number of rotatable bonds is 3. The predicted octanol–water partition coefficient (Wildman–Crippen LogP) is 2.33. The second-order valence-electron chi connectivity index (χ2n) is 4.95. The number of hydrogen-bond donors (Lipinski definition) is 0. The van der Waals surface area contributed by atoms with Crippen molar-refractivity contribution < 1.29 is 9.53 Å². The molecule has 1 amide bonds. The van der Waals surface area contributed by atoms with Crippen molar-refractivity contribution in [3.8, 4) is 11.8 Å². The minimum absolute atomic E-state index is 0.113. The Morgan fingerprint density at radius 1 is 1.53 bits per heavy atom. The number of nitrogens with zero attached hydrogens (tertiary/aromatic N) is 2. The number of amides is 1. The molecule has 1 unspecified atom stereocenters. The number of nitriles is 1. The monoisotopic (exact) mass is 258 g/mol. The molecule has 1 aliphatic heterocycles. The van der Waals surface area contributed by atoms with Crippen molar-refractivity contribution in [1.29, 1.82) is 5.26 Å². The minimum Gasteiger partial charge on any atom is -0.495 e. The maximum Gasteiger partial charge on any atom is 0.225 e. The lowest BCUT2D eigenvalue weighted by atomic mass is 9.98. The highest BCUT2D eigenvalue weighted by Gasteiger charge is 2.25. The van der Waals surface area contributed by atoms with Crippen LogP contribution in [-0.2, 0) is 11.3 Å². The molecule has 0 N–H and O–H groups in total. The first-order chi connectivity index (χ1) is 9.15. The molecule has 2 rings (SSSR count). The number of carbonyl (C=O) groups excluding carboxylic acids is 1. The Morgan fingerprint density at radius 3 is 3.00 bits per heavy atom. The van der Waals surface area contributed by atoms with Crippen LogP contribution in [0, 0.1) is 17.2 Å². The van der Waals surface area contributed by atoms with Crippen LogP contribution in [0.1, 0.15) is 30.9 Å². The van der Waals surface area contributed by atoms with E-state index in [0.29, 0.717) is 17.9 Å². The number of ether oxygens (including phenoxy) is 1. The fourth-order valence-corrected chi connectivity index (χ4v) is 2.45. The van der Waals surface area contributed by atoms with Gasteiger partial charge in [0.1, 0.15) is 11.8 Å². The third kappa shape index (κ3) is 2.87. The van der Waals surface area contributed by atoms with Gasteiger partial charge in [-0.15, -0.1) is 0 Å². The van der Waals surface area contributed by atoms with E-state index in [-0.39, 0.29) is 11.8 Å². The van der Waals surface area contributed by atoms with Crippen molar-refractivity contribution in [2.75, 3.05) is 13.7 Å². The second kappa shape index (κ2) is 5.75. The van der Waals surface area contributed by atoms with Crippen molar-refractivity contribution in [2.24, 2.45) is 5.92 Å². The molecule has 0 bridgehead atoms. The summed E-state index contributed by atoms with van der Waals surface area (Å²) in [4.78, 5) is 13.9. The van der Waals surface area contributed by atoms with Gasteiger partial charge >= 0.3 is 0 Å². The highest BCUT2D eigenvalue weighted by Crippen LogP contribution is 2.23. The van der Waals surface area contributed by atoms with Gasteiger partial charge < -0.3 is 9.64 Å². The highest BCUT2D eigenvalue weighted by molar-refractivity contribution is 5.79. The van der Waals surface area contributed by atoms with E-state index in [1.165, 1.54) is 0 Å². The number of carbonyl (C=O) groups is 1. The molecule has 0 spiro atoms. The smallest absolute Gasteiger partial charge is 0.225 e. The number of methoxy groups -OCH3 is 1. The van der Waals surface area contributed by atoms with Crippen molar-refractivity contribution in [3.05, 3.63) is 29.3 Å². The van der Waals surface area contributed by atoms with Crippen LogP contribution in [0.5, 0.6) is 5.75 Å². The van der Waals surface area contributed by atoms with Crippen LogP contribution in [0.4, 0.5) is 0 Å². The zero-order chi connectivity index (χ0) is 13.8. The summed E-state index contributed by atoms with van der Waals surface area (Å²) in [5.41, 5.74) is 1.48. The summed E-state index contributed by atoms with van der Waals surface area (Å²) in [5.74, 6) is 0.896. The molecule has 1 heterocycles. The maximum atomic E-state index is 12.0. The first-order valence-corrected chi connectivity index (χ1v) is 6.51. The number of hydrogen-bond acceptors (Lipinski definition) is 3. The summed E-state index contributed by atoms with van der Waals surface area (Å²) >= 11 is 0. The molecule has 1 atom stereocenters. The van der Waals surface area contributed by atoms with Crippen molar-refractivity contribution in [3.63, 3.8) is 0 Å². The molecule has 1 fully saturated rings. The van der Waals surface area contributed by atoms with E-state index >= 15 is 0 Å². The lowest BCUT2D eigenvalue weighted by molar-refractivity contribution is -0.138. The average molecular weight is 258 g/mol. The second-order valence-corrected chi connectivity index (χ2v) is 4.95. The highest BCUT2D eigenvalue weighted by atomic mass is 16.5. The van der Waals surface area contributed by atoms with Crippen LogP contribution >= 0.6 is 0 Å². The van der Waals surface area contributed by atoms with Crippen LogP contribution < -0.4 is 4.74 Å². The van der Waals surface area contributed by atoms with E-state index in [2.05, 4.69) is 6.07 Å². The molecule has 19 heavy (non-hydrogen) atoms. The summed E-state index contributed by atoms with van der Waals surface area (Å²) in [5, 5.41) is 9.06. The largest absolute Gasteiger partial charge is 0.495 e. The molecule has 0 aromatic heterocycles. The molecule has 100 valence electrons. The molecule has 0 aliphatic carbocycles. The average Bonchev–Trinajstić information content (AvgIpc) is 2.43. The number of benzene rings is 1. The van der Waals surface area contributed by atoms with Gasteiger partial charge in [0, 0.05) is 19.0 Å². The molecule has 1 aromatic rings. The van der Waals surface area contributed by atoms with Gasteiger partial charge in [-0.25, -0.2) is 0 Å². The van der Waals surface area contributed by atoms with Crippen LogP contribution in [0.15, 0.2) is 18.2 Å². The fraction of sp³-hybridized carbons (Fsp3) is 0.467. The van der Waals surface area contributed by atoms with E-state index in [0.717, 1.165) is 24.9 Å².